The van der Waals surface area contributed by atoms with Gasteiger partial charge in [0, 0.05) is 26.2 Å². The molecule has 0 bridgehead atoms. The number of guanidine groups is 1. The molecule has 3 amide bonds. The van der Waals surface area contributed by atoms with Crippen LogP contribution in [0.15, 0.2) is 59.6 Å². The Morgan fingerprint density at radius 2 is 1.57 bits per heavy atom. The highest BCUT2D eigenvalue weighted by molar-refractivity contribution is 6.02. The molecule has 13 nitrogen and oxygen atoms in total. The van der Waals surface area contributed by atoms with Gasteiger partial charge in [-0.3, -0.25) is 24.8 Å². The summed E-state index contributed by atoms with van der Waals surface area (Å²) in [6.07, 6.45) is 4.93. The van der Waals surface area contributed by atoms with Gasteiger partial charge in [0.1, 0.15) is 30.4 Å². The summed E-state index contributed by atoms with van der Waals surface area (Å²) in [5.41, 5.74) is 18.5. The lowest BCUT2D eigenvalue weighted by Crippen LogP contribution is -2.57. The summed E-state index contributed by atoms with van der Waals surface area (Å²) in [4.78, 5) is 59.7. The second-order valence-electron chi connectivity index (χ2n) is 12.1. The monoisotopic (exact) mass is 648 g/mol. The van der Waals surface area contributed by atoms with Gasteiger partial charge in [-0.2, -0.15) is 0 Å². The summed E-state index contributed by atoms with van der Waals surface area (Å²) in [6.45, 7) is 0.287. The molecule has 2 aromatic rings. The Morgan fingerprint density at radius 3 is 2.17 bits per heavy atom. The molecule has 1 unspecified atom stereocenters. The zero-order valence-corrected chi connectivity index (χ0v) is 27.2. The van der Waals surface area contributed by atoms with Crippen LogP contribution < -0.4 is 27.8 Å². The molecule has 13 heteroatoms. The van der Waals surface area contributed by atoms with E-state index in [1.807, 2.05) is 30.3 Å². The summed E-state index contributed by atoms with van der Waals surface area (Å²) in [5.74, 6) is -3.59. The number of aliphatic imine (C=N–C) groups is 1. The molecular weight excluding hydrogens is 600 g/mol. The highest BCUT2D eigenvalue weighted by atomic mass is 16.5. The van der Waals surface area contributed by atoms with Crippen molar-refractivity contribution in [1.29, 1.82) is 5.41 Å². The molecule has 9 N–H and O–H groups in total. The molecule has 2 aromatic carbocycles. The molecule has 1 fully saturated rings. The van der Waals surface area contributed by atoms with Crippen LogP contribution in [0.3, 0.4) is 0 Å². The van der Waals surface area contributed by atoms with E-state index in [0.29, 0.717) is 30.4 Å². The predicted octanol–water partition coefficient (Wildman–Crippen LogP) is 1.56. The average molecular weight is 649 g/mol. The van der Waals surface area contributed by atoms with Crippen molar-refractivity contribution in [3.63, 3.8) is 0 Å². The average Bonchev–Trinajstić information content (AvgIpc) is 3.06. The molecule has 3 rings (SSSR count). The first-order valence-corrected chi connectivity index (χ1v) is 16.0. The van der Waals surface area contributed by atoms with Crippen LogP contribution in [0.1, 0.15) is 61.6 Å². The lowest BCUT2D eigenvalue weighted by atomic mass is 9.83. The normalized spacial score (nSPS) is 14.9. The first-order valence-electron chi connectivity index (χ1n) is 16.0. The lowest BCUT2D eigenvalue weighted by molar-refractivity contribution is -0.149. The van der Waals surface area contributed by atoms with Gasteiger partial charge >= 0.3 is 5.97 Å². The van der Waals surface area contributed by atoms with Gasteiger partial charge in [0.05, 0.1) is 0 Å². The number of hydrogen-bond donors (Lipinski definition) is 6. The number of ether oxygens (including phenoxy) is 1. The standard InChI is InChI=1S/C34H48N8O5/c1-42(2)32(45)26(20-22-15-17-25(18-16-22)29(35)36)30(43)41-28(24-12-7-4-8-13-24)31(44)40-27(14-9-19-39-34(37)38)33(46)47-21-23-10-5-3-6-11-23/h3,5-6,10-11,15-18,24,26-28H,4,7-9,12-14,19-21H2,1-2H3,(H3,35,36)(H,40,44)(H,41,43)(H4,37,38,39)/t26-,27?,28-/m0/s1. The maximum absolute atomic E-state index is 14.0. The van der Waals surface area contributed by atoms with Crippen LogP contribution >= 0.6 is 0 Å². The van der Waals surface area contributed by atoms with Gasteiger partial charge in [-0.15, -0.1) is 0 Å². The van der Waals surface area contributed by atoms with Crippen LogP contribution in [0.4, 0.5) is 0 Å². The third-order valence-corrected chi connectivity index (χ3v) is 8.23. The summed E-state index contributed by atoms with van der Waals surface area (Å²) >= 11 is 0. The molecule has 1 aliphatic carbocycles. The number of benzene rings is 2. The maximum atomic E-state index is 14.0. The molecule has 0 radical (unpaired) electrons. The number of rotatable bonds is 16. The van der Waals surface area contributed by atoms with E-state index in [1.165, 1.54) is 4.90 Å². The van der Waals surface area contributed by atoms with Gasteiger partial charge in [-0.25, -0.2) is 4.79 Å². The summed E-state index contributed by atoms with van der Waals surface area (Å²) < 4.78 is 5.56. The molecule has 0 heterocycles. The van der Waals surface area contributed by atoms with Crippen molar-refractivity contribution in [2.24, 2.45) is 34.0 Å². The van der Waals surface area contributed by atoms with Gasteiger partial charge < -0.3 is 37.5 Å². The third-order valence-electron chi connectivity index (χ3n) is 8.23. The van der Waals surface area contributed by atoms with Crippen LogP contribution in [-0.4, -0.2) is 73.1 Å². The fourth-order valence-electron chi connectivity index (χ4n) is 5.62. The maximum Gasteiger partial charge on any atom is 0.328 e. The van der Waals surface area contributed by atoms with Crippen LogP contribution in [0.25, 0.3) is 0 Å². The van der Waals surface area contributed by atoms with Crippen molar-refractivity contribution in [2.45, 2.75) is 70.1 Å². The Bertz CT molecular complexity index is 1390. The second kappa shape index (κ2) is 18.3. The van der Waals surface area contributed by atoms with Crippen molar-refractivity contribution < 1.29 is 23.9 Å². The van der Waals surface area contributed by atoms with Gasteiger partial charge in [-0.05, 0) is 49.1 Å². The summed E-state index contributed by atoms with van der Waals surface area (Å²) in [6, 6.07) is 14.0. The van der Waals surface area contributed by atoms with Gasteiger partial charge in [0.2, 0.25) is 17.7 Å². The Kier molecular flexibility index (Phi) is 14.2. The number of nitrogens with zero attached hydrogens (tertiary/aromatic N) is 2. The molecule has 254 valence electrons. The third kappa shape index (κ3) is 11.7. The van der Waals surface area contributed by atoms with Gasteiger partial charge in [0.25, 0.3) is 0 Å². The SMILES string of the molecule is CN(C)C(=O)[C@@H](Cc1ccc(C(=N)N)cc1)C(=O)N[C@H](C(=O)NC(CCCN=C(N)N)C(=O)OCc1ccccc1)C1CCCCC1. The highest BCUT2D eigenvalue weighted by Gasteiger charge is 2.37. The smallest absolute Gasteiger partial charge is 0.328 e. The minimum absolute atomic E-state index is 0.0322. The number of esters is 1. The minimum Gasteiger partial charge on any atom is -0.459 e. The van der Waals surface area contributed by atoms with Crippen molar-refractivity contribution in [3.8, 4) is 0 Å². The molecule has 0 saturated heterocycles. The van der Waals surface area contributed by atoms with E-state index in [1.54, 1.807) is 38.4 Å². The largest absolute Gasteiger partial charge is 0.459 e. The van der Waals surface area contributed by atoms with E-state index in [4.69, 9.17) is 27.3 Å². The number of nitrogens with one attached hydrogen (secondary N) is 3. The van der Waals surface area contributed by atoms with Crippen LogP contribution in [-0.2, 0) is 36.9 Å². The predicted molar refractivity (Wildman–Crippen MR) is 180 cm³/mol. The lowest BCUT2D eigenvalue weighted by Gasteiger charge is -2.32. The molecule has 1 saturated carbocycles. The van der Waals surface area contributed by atoms with E-state index in [-0.39, 0.29) is 43.7 Å². The zero-order chi connectivity index (χ0) is 34.3. The van der Waals surface area contributed by atoms with Crippen molar-refractivity contribution in [1.82, 2.24) is 15.5 Å². The fourth-order valence-corrected chi connectivity index (χ4v) is 5.62. The Labute approximate surface area is 276 Å². The second-order valence-corrected chi connectivity index (χ2v) is 12.1. The van der Waals surface area contributed by atoms with E-state index in [2.05, 4.69) is 15.6 Å². The summed E-state index contributed by atoms with van der Waals surface area (Å²) in [7, 11) is 3.14. The van der Waals surface area contributed by atoms with Crippen LogP contribution in [0.2, 0.25) is 0 Å². The zero-order valence-electron chi connectivity index (χ0n) is 27.2. The van der Waals surface area contributed by atoms with Gasteiger partial charge in [0.15, 0.2) is 5.96 Å². The number of hydrogen-bond acceptors (Lipinski definition) is 7. The number of carbonyl (C=O) groups is 4. The van der Waals surface area contributed by atoms with Crippen LogP contribution in [0, 0.1) is 17.2 Å². The number of amides is 3. The Hall–Kier alpha value is -4.94. The molecule has 3 atom stereocenters. The molecule has 1 aliphatic rings. The van der Waals surface area contributed by atoms with Crippen LogP contribution in [0.5, 0.6) is 0 Å². The molecule has 0 aliphatic heterocycles. The quantitative estimate of drug-likeness (QED) is 0.0514. The number of nitrogen functional groups attached to an aromatic ring is 1. The molecule has 0 aromatic heterocycles. The first kappa shape index (κ1) is 36.5. The van der Waals surface area contributed by atoms with Crippen molar-refractivity contribution in [2.75, 3.05) is 20.6 Å². The van der Waals surface area contributed by atoms with Gasteiger partial charge in [-0.1, -0.05) is 73.9 Å². The van der Waals surface area contributed by atoms with E-state index < -0.39 is 41.7 Å². The van der Waals surface area contributed by atoms with Crippen molar-refractivity contribution >= 4 is 35.5 Å². The highest BCUT2D eigenvalue weighted by Crippen LogP contribution is 2.27. The van der Waals surface area contributed by atoms with E-state index >= 15 is 0 Å². The van der Waals surface area contributed by atoms with Crippen molar-refractivity contribution in [3.05, 3.63) is 71.3 Å². The first-order chi connectivity index (χ1) is 22.5. The topological polar surface area (TPSA) is 219 Å². The van der Waals surface area contributed by atoms with E-state index in [0.717, 1.165) is 24.8 Å². The Morgan fingerprint density at radius 1 is 0.915 bits per heavy atom. The van der Waals surface area contributed by atoms with E-state index in [9.17, 15) is 19.2 Å². The fraction of sp³-hybridized carbons (Fsp3) is 0.471. The number of amidine groups is 1. The number of carbonyl (C=O) groups excluding carboxylic acids is 4. The molecule has 0 spiro atoms. The molecule has 47 heavy (non-hydrogen) atoms. The number of nitrogens with two attached hydrogens (primary N) is 3. The Balaban J connectivity index is 1.82. The summed E-state index contributed by atoms with van der Waals surface area (Å²) in [5, 5.41) is 13.4. The minimum atomic E-state index is -1.11. The molecular formula is C34H48N8O5.